The second kappa shape index (κ2) is 2.36. The van der Waals surface area contributed by atoms with E-state index in [-0.39, 0.29) is 0 Å². The molecule has 0 unspecified atom stereocenters. The Kier molecular flexibility index (Phi) is 1.22. The predicted molar refractivity (Wildman–Crippen MR) is 54.3 cm³/mol. The number of hydrogen-bond acceptors (Lipinski definition) is 0. The second-order valence-electron chi connectivity index (χ2n) is 3.20. The standard InChI is InChI=1S/C12H8N/c1-2-4-11-9(3-1)5-6-10-7-13-8-12(10)11/h1-8H. The molecule has 3 rings (SSSR count). The molecule has 0 N–H and O–H groups in total. The molecule has 1 heterocycles. The van der Waals surface area contributed by atoms with Gasteiger partial charge in [0.25, 0.3) is 0 Å². The minimum absolute atomic E-state index is 1.22. The molecule has 0 amide bonds. The Bertz CT molecular complexity index is 582. The quantitative estimate of drug-likeness (QED) is 0.553. The first kappa shape index (κ1) is 6.72. The van der Waals surface area contributed by atoms with Gasteiger partial charge in [0.05, 0.1) is 0 Å². The first-order valence-corrected chi connectivity index (χ1v) is 4.33. The summed E-state index contributed by atoms with van der Waals surface area (Å²) in [5, 5.41) is 9.19. The third kappa shape index (κ3) is 0.872. The van der Waals surface area contributed by atoms with Gasteiger partial charge in [0, 0.05) is 22.8 Å². The lowest BCUT2D eigenvalue weighted by Crippen LogP contribution is -2.21. The molecular weight excluding hydrogens is 158 g/mol. The molecule has 13 heavy (non-hydrogen) atoms. The molecule has 0 saturated carbocycles. The molecule has 1 aliphatic rings. The van der Waals surface area contributed by atoms with Gasteiger partial charge < -0.3 is 0 Å². The second-order valence-corrected chi connectivity index (χ2v) is 3.20. The Labute approximate surface area is 76.0 Å². The van der Waals surface area contributed by atoms with Gasteiger partial charge in [-0.2, -0.15) is 0 Å². The average molecular weight is 166 g/mol. The molecule has 1 aliphatic heterocycles. The summed E-state index contributed by atoms with van der Waals surface area (Å²) in [7, 11) is 0. The summed E-state index contributed by atoms with van der Waals surface area (Å²) in [4.78, 5) is 0. The minimum Gasteiger partial charge on any atom is -0.263 e. The predicted octanol–water partition coefficient (Wildman–Crippen LogP) is 0.934. The molecule has 0 bridgehead atoms. The number of benzene rings is 2. The molecule has 61 valence electrons. The van der Waals surface area contributed by atoms with Gasteiger partial charge in [-0.3, -0.25) is 5.32 Å². The van der Waals surface area contributed by atoms with Crippen LogP contribution in [0.2, 0.25) is 0 Å². The van der Waals surface area contributed by atoms with Crippen molar-refractivity contribution in [2.24, 2.45) is 0 Å². The van der Waals surface area contributed by atoms with Crippen LogP contribution in [-0.2, 0) is 0 Å². The van der Waals surface area contributed by atoms with Gasteiger partial charge in [-0.15, -0.1) is 0 Å². The molecule has 1 heteroatoms. The van der Waals surface area contributed by atoms with Crippen LogP contribution in [0.1, 0.15) is 0 Å². The van der Waals surface area contributed by atoms with E-state index >= 15 is 0 Å². The lowest BCUT2D eigenvalue weighted by Gasteiger charge is -1.95. The van der Waals surface area contributed by atoms with E-state index in [4.69, 9.17) is 0 Å². The maximum absolute atomic E-state index is 4.15. The van der Waals surface area contributed by atoms with Crippen molar-refractivity contribution in [2.45, 2.75) is 0 Å². The highest BCUT2D eigenvalue weighted by Gasteiger charge is 1.98. The van der Waals surface area contributed by atoms with E-state index in [1.165, 1.54) is 21.2 Å². The normalized spacial score (nSPS) is 12.9. The smallest absolute Gasteiger partial charge is 0.0353 e. The topological polar surface area (TPSA) is 14.1 Å². The summed E-state index contributed by atoms with van der Waals surface area (Å²) in [6.45, 7) is 0. The fourth-order valence-electron chi connectivity index (χ4n) is 1.76. The van der Waals surface area contributed by atoms with Crippen LogP contribution in [0.25, 0.3) is 23.2 Å². The zero-order valence-electron chi connectivity index (χ0n) is 7.07. The molecule has 0 aliphatic carbocycles. The Hall–Kier alpha value is -1.76. The largest absolute Gasteiger partial charge is 0.263 e. The summed E-state index contributed by atoms with van der Waals surface area (Å²) in [6, 6.07) is 12.6. The minimum atomic E-state index is 1.22. The maximum Gasteiger partial charge on any atom is 0.0353 e. The van der Waals surface area contributed by atoms with Gasteiger partial charge in [-0.1, -0.05) is 36.4 Å². The van der Waals surface area contributed by atoms with Crippen molar-refractivity contribution < 1.29 is 0 Å². The highest BCUT2D eigenvalue weighted by Crippen LogP contribution is 2.06. The lowest BCUT2D eigenvalue weighted by molar-refractivity contribution is 1.39. The summed E-state index contributed by atoms with van der Waals surface area (Å²) in [5.74, 6) is 0. The van der Waals surface area contributed by atoms with Gasteiger partial charge in [0.2, 0.25) is 0 Å². The van der Waals surface area contributed by atoms with Crippen LogP contribution in [0.15, 0.2) is 36.4 Å². The molecule has 0 saturated heterocycles. The fourth-order valence-corrected chi connectivity index (χ4v) is 1.76. The number of fused-ring (bicyclic) bond motifs is 3. The van der Waals surface area contributed by atoms with E-state index < -0.39 is 0 Å². The first-order chi connectivity index (χ1) is 6.45. The average Bonchev–Trinajstić information content (AvgIpc) is 2.65. The Morgan fingerprint density at radius 3 is 2.77 bits per heavy atom. The SMILES string of the molecule is C1=c2ccc3ccccc3c2=C[N]1. The molecular formula is C12H8N. The summed E-state index contributed by atoms with van der Waals surface area (Å²) in [6.07, 6.45) is 3.83. The first-order valence-electron chi connectivity index (χ1n) is 4.33. The lowest BCUT2D eigenvalue weighted by atomic mass is 10.1. The van der Waals surface area contributed by atoms with Crippen molar-refractivity contribution in [2.75, 3.05) is 0 Å². The van der Waals surface area contributed by atoms with Crippen LogP contribution in [0.5, 0.6) is 0 Å². The van der Waals surface area contributed by atoms with Crippen LogP contribution in [0, 0.1) is 0 Å². The van der Waals surface area contributed by atoms with Crippen LogP contribution in [-0.4, -0.2) is 0 Å². The van der Waals surface area contributed by atoms with Gasteiger partial charge >= 0.3 is 0 Å². The Balaban J connectivity index is 2.67. The zero-order valence-corrected chi connectivity index (χ0v) is 7.07. The summed E-state index contributed by atoms with van der Waals surface area (Å²) in [5.41, 5.74) is 0. The highest BCUT2D eigenvalue weighted by atomic mass is 14.8. The number of hydrogen-bond donors (Lipinski definition) is 0. The number of rotatable bonds is 0. The molecule has 1 nitrogen and oxygen atoms in total. The van der Waals surface area contributed by atoms with Crippen LogP contribution >= 0.6 is 0 Å². The molecule has 0 atom stereocenters. The van der Waals surface area contributed by atoms with Crippen molar-refractivity contribution >= 4 is 23.2 Å². The van der Waals surface area contributed by atoms with Crippen LogP contribution < -0.4 is 15.8 Å². The van der Waals surface area contributed by atoms with E-state index in [1.807, 2.05) is 12.4 Å². The highest BCUT2D eigenvalue weighted by molar-refractivity contribution is 5.84. The maximum atomic E-state index is 4.15. The third-order valence-corrected chi connectivity index (χ3v) is 2.42. The van der Waals surface area contributed by atoms with E-state index in [1.54, 1.807) is 0 Å². The Morgan fingerprint density at radius 2 is 1.77 bits per heavy atom. The van der Waals surface area contributed by atoms with Gasteiger partial charge in [-0.25, -0.2) is 0 Å². The zero-order chi connectivity index (χ0) is 8.67. The van der Waals surface area contributed by atoms with E-state index in [9.17, 15) is 0 Å². The van der Waals surface area contributed by atoms with E-state index in [0.717, 1.165) is 0 Å². The summed E-state index contributed by atoms with van der Waals surface area (Å²) >= 11 is 0. The van der Waals surface area contributed by atoms with E-state index in [2.05, 4.69) is 41.7 Å². The monoisotopic (exact) mass is 166 g/mol. The van der Waals surface area contributed by atoms with Crippen LogP contribution in [0.4, 0.5) is 0 Å². The molecule has 0 aromatic heterocycles. The van der Waals surface area contributed by atoms with Crippen molar-refractivity contribution in [1.29, 1.82) is 0 Å². The molecule has 0 fully saturated rings. The fraction of sp³-hybridized carbons (Fsp3) is 0. The van der Waals surface area contributed by atoms with Gasteiger partial charge in [-0.05, 0) is 10.8 Å². The van der Waals surface area contributed by atoms with Crippen molar-refractivity contribution in [3.63, 3.8) is 0 Å². The van der Waals surface area contributed by atoms with E-state index in [0.29, 0.717) is 0 Å². The molecule has 0 spiro atoms. The Morgan fingerprint density at radius 1 is 0.846 bits per heavy atom. The van der Waals surface area contributed by atoms with Crippen molar-refractivity contribution in [3.05, 3.63) is 46.8 Å². The number of nitrogens with zero attached hydrogens (tertiary/aromatic N) is 1. The molecule has 1 radical (unpaired) electrons. The van der Waals surface area contributed by atoms with Crippen molar-refractivity contribution in [3.8, 4) is 0 Å². The molecule has 2 aromatic rings. The van der Waals surface area contributed by atoms with Crippen LogP contribution in [0.3, 0.4) is 0 Å². The summed E-state index contributed by atoms with van der Waals surface area (Å²) < 4.78 is 0. The third-order valence-electron chi connectivity index (χ3n) is 2.42. The van der Waals surface area contributed by atoms with Gasteiger partial charge in [0.15, 0.2) is 0 Å². The molecule has 2 aromatic carbocycles. The van der Waals surface area contributed by atoms with Crippen molar-refractivity contribution in [1.82, 2.24) is 5.32 Å². The van der Waals surface area contributed by atoms with Gasteiger partial charge in [0.1, 0.15) is 0 Å².